The molecule has 0 N–H and O–H groups in total. The summed E-state index contributed by atoms with van der Waals surface area (Å²) in [6.45, 7) is 0. The maximum Gasteiger partial charge on any atom is 0.149 e. The van der Waals surface area contributed by atoms with Crippen LogP contribution in [0.1, 0.15) is 0 Å². The van der Waals surface area contributed by atoms with Crippen LogP contribution >= 0.6 is 0 Å². The number of para-hydroxylation sites is 2. The Bertz CT molecular complexity index is 3930. The van der Waals surface area contributed by atoms with Gasteiger partial charge in [0.1, 0.15) is 22.9 Å². The molecular formula is C56H32N6. The molecule has 286 valence electrons. The first-order valence-electron chi connectivity index (χ1n) is 21.0. The molecule has 14 aromatic rings. The van der Waals surface area contributed by atoms with E-state index in [1.807, 2.05) is 12.1 Å². The molecule has 0 spiro atoms. The van der Waals surface area contributed by atoms with Gasteiger partial charge in [0.05, 0.1) is 33.1 Å². The molecule has 6 heteroatoms. The van der Waals surface area contributed by atoms with E-state index in [1.165, 1.54) is 21.5 Å². The molecular weight excluding hydrogens is 757 g/mol. The summed E-state index contributed by atoms with van der Waals surface area (Å²) in [5.41, 5.74) is 12.0. The number of fused-ring (bicyclic) bond motifs is 20. The second-order valence-electron chi connectivity index (χ2n) is 16.2. The molecule has 6 nitrogen and oxygen atoms in total. The van der Waals surface area contributed by atoms with Gasteiger partial charge in [-0.05, 0) is 56.9 Å². The average molecular weight is 789 g/mol. The van der Waals surface area contributed by atoms with E-state index < -0.39 is 0 Å². The fourth-order valence-electron chi connectivity index (χ4n) is 10.0. The highest BCUT2D eigenvalue weighted by Gasteiger charge is 2.22. The van der Waals surface area contributed by atoms with E-state index in [2.05, 4.69) is 191 Å². The van der Waals surface area contributed by atoms with Crippen LogP contribution in [0.2, 0.25) is 0 Å². The second kappa shape index (κ2) is 12.5. The largest absolute Gasteiger partial charge is 0.275 e. The number of rotatable bonds is 3. The van der Waals surface area contributed by atoms with Crippen LogP contribution in [-0.4, -0.2) is 28.7 Å². The first kappa shape index (κ1) is 33.4. The number of aromatic nitrogens is 6. The first-order chi connectivity index (χ1) is 30.8. The van der Waals surface area contributed by atoms with Gasteiger partial charge in [-0.15, -0.1) is 0 Å². The van der Waals surface area contributed by atoms with Gasteiger partial charge in [0, 0.05) is 43.4 Å². The molecule has 0 radical (unpaired) electrons. The smallest absolute Gasteiger partial charge is 0.149 e. The van der Waals surface area contributed by atoms with E-state index in [0.717, 1.165) is 111 Å². The molecule has 0 bridgehead atoms. The molecule has 0 unspecified atom stereocenters. The SMILES string of the molecule is c1ccc2c(c1)nc(-c1ccc(-c3ccc(-c4nc5ccccc5c5nc6c7ccccc7c7ccccc7c6n45)cc3)cc1)n1c2nc2c3ccccc3c3ccccc3c21. The van der Waals surface area contributed by atoms with E-state index in [-0.39, 0.29) is 0 Å². The highest BCUT2D eigenvalue weighted by Crippen LogP contribution is 2.41. The summed E-state index contributed by atoms with van der Waals surface area (Å²) >= 11 is 0. The topological polar surface area (TPSA) is 60.4 Å². The van der Waals surface area contributed by atoms with Crippen LogP contribution in [0.5, 0.6) is 0 Å². The van der Waals surface area contributed by atoms with Gasteiger partial charge in [-0.25, -0.2) is 19.9 Å². The monoisotopic (exact) mass is 788 g/mol. The third-order valence-electron chi connectivity index (χ3n) is 12.8. The quantitative estimate of drug-likeness (QED) is 0.167. The maximum absolute atomic E-state index is 5.40. The standard InChI is InChI=1S/C56H32N6/c1-5-17-41-37(13-1)39-15-3-7-19-43(39)51-49(41)59-55-45-21-9-11-23-47(45)57-53(61(51)55)35-29-25-33(26-30-35)34-27-31-36(32-28-34)54-58-48-24-12-10-22-46(48)56-60-50-42-18-6-2-14-38(42)40-16-4-8-20-44(40)52(50)62(54)56/h1-32H. The van der Waals surface area contributed by atoms with Crippen LogP contribution in [0.15, 0.2) is 194 Å². The Hall–Kier alpha value is -8.48. The van der Waals surface area contributed by atoms with Crippen molar-refractivity contribution in [2.24, 2.45) is 0 Å². The Morgan fingerprint density at radius 3 is 0.919 bits per heavy atom. The summed E-state index contributed by atoms with van der Waals surface area (Å²) in [7, 11) is 0. The fraction of sp³-hybridized carbons (Fsp3) is 0. The van der Waals surface area contributed by atoms with Crippen LogP contribution in [0.4, 0.5) is 0 Å². The predicted octanol–water partition coefficient (Wildman–Crippen LogP) is 14.0. The summed E-state index contributed by atoms with van der Waals surface area (Å²) < 4.78 is 4.55. The Morgan fingerprint density at radius 2 is 0.532 bits per heavy atom. The average Bonchev–Trinajstić information content (AvgIpc) is 3.96. The number of nitrogens with zero attached hydrogens (tertiary/aromatic N) is 6. The summed E-state index contributed by atoms with van der Waals surface area (Å²) in [6.07, 6.45) is 0. The van der Waals surface area contributed by atoms with Gasteiger partial charge in [0.2, 0.25) is 0 Å². The molecule has 0 fully saturated rings. The lowest BCUT2D eigenvalue weighted by atomic mass is 9.99. The third-order valence-corrected chi connectivity index (χ3v) is 12.8. The van der Waals surface area contributed by atoms with Gasteiger partial charge in [-0.3, -0.25) is 8.80 Å². The Morgan fingerprint density at radius 1 is 0.242 bits per heavy atom. The van der Waals surface area contributed by atoms with Crippen molar-refractivity contribution in [1.82, 2.24) is 28.7 Å². The number of benzene rings is 10. The molecule has 0 saturated carbocycles. The number of hydrogen-bond acceptors (Lipinski definition) is 4. The summed E-state index contributed by atoms with van der Waals surface area (Å²) in [6, 6.07) is 68.7. The van der Waals surface area contributed by atoms with Crippen molar-refractivity contribution in [2.75, 3.05) is 0 Å². The van der Waals surface area contributed by atoms with Crippen LogP contribution in [0.3, 0.4) is 0 Å². The molecule has 14 rings (SSSR count). The molecule has 62 heavy (non-hydrogen) atoms. The molecule has 0 aliphatic carbocycles. The van der Waals surface area contributed by atoms with Gasteiger partial charge >= 0.3 is 0 Å². The zero-order valence-corrected chi connectivity index (χ0v) is 33.2. The van der Waals surface area contributed by atoms with Crippen molar-refractivity contribution in [2.45, 2.75) is 0 Å². The normalized spacial score (nSPS) is 12.2. The van der Waals surface area contributed by atoms with Crippen molar-refractivity contribution >= 4 is 98.3 Å². The van der Waals surface area contributed by atoms with Crippen LogP contribution < -0.4 is 0 Å². The minimum Gasteiger partial charge on any atom is -0.275 e. The lowest BCUT2D eigenvalue weighted by Gasteiger charge is -2.13. The zero-order valence-electron chi connectivity index (χ0n) is 33.2. The Labute approximate surface area is 353 Å². The van der Waals surface area contributed by atoms with Crippen molar-refractivity contribution in [1.29, 1.82) is 0 Å². The molecule has 0 saturated heterocycles. The molecule has 4 aromatic heterocycles. The molecule has 0 aliphatic rings. The number of imidazole rings is 2. The summed E-state index contributed by atoms with van der Waals surface area (Å²) in [4.78, 5) is 21.5. The van der Waals surface area contributed by atoms with E-state index >= 15 is 0 Å². The molecule has 0 atom stereocenters. The van der Waals surface area contributed by atoms with Gasteiger partial charge in [0.25, 0.3) is 0 Å². The third kappa shape index (κ3) is 4.58. The van der Waals surface area contributed by atoms with Gasteiger partial charge in [-0.2, -0.15) is 0 Å². The zero-order chi connectivity index (χ0) is 40.5. The van der Waals surface area contributed by atoms with Crippen LogP contribution in [0.25, 0.3) is 132 Å². The Balaban J connectivity index is 0.932. The lowest BCUT2D eigenvalue weighted by Crippen LogP contribution is -1.99. The molecule has 0 aliphatic heterocycles. The summed E-state index contributed by atoms with van der Waals surface area (Å²) in [5, 5.41) is 11.5. The predicted molar refractivity (Wildman–Crippen MR) is 256 cm³/mol. The Kier molecular flexibility index (Phi) is 6.74. The highest BCUT2D eigenvalue weighted by atomic mass is 15.1. The van der Waals surface area contributed by atoms with Crippen molar-refractivity contribution in [3.63, 3.8) is 0 Å². The van der Waals surface area contributed by atoms with Crippen molar-refractivity contribution < 1.29 is 0 Å². The minimum atomic E-state index is 0.864. The lowest BCUT2D eigenvalue weighted by molar-refractivity contribution is 1.16. The molecule has 0 amide bonds. The van der Waals surface area contributed by atoms with Crippen molar-refractivity contribution in [3.8, 4) is 33.9 Å². The van der Waals surface area contributed by atoms with E-state index in [9.17, 15) is 0 Å². The van der Waals surface area contributed by atoms with Gasteiger partial charge in [0.15, 0.2) is 0 Å². The molecule has 4 heterocycles. The van der Waals surface area contributed by atoms with Gasteiger partial charge < -0.3 is 0 Å². The van der Waals surface area contributed by atoms with Crippen LogP contribution in [0, 0.1) is 0 Å². The second-order valence-corrected chi connectivity index (χ2v) is 16.2. The first-order valence-corrected chi connectivity index (χ1v) is 21.0. The van der Waals surface area contributed by atoms with E-state index in [0.29, 0.717) is 0 Å². The fourth-order valence-corrected chi connectivity index (χ4v) is 10.0. The maximum atomic E-state index is 5.40. The van der Waals surface area contributed by atoms with E-state index in [1.54, 1.807) is 0 Å². The molecule has 10 aromatic carbocycles. The van der Waals surface area contributed by atoms with Crippen LogP contribution in [-0.2, 0) is 0 Å². The van der Waals surface area contributed by atoms with Crippen molar-refractivity contribution in [3.05, 3.63) is 194 Å². The van der Waals surface area contributed by atoms with E-state index in [4.69, 9.17) is 19.9 Å². The van der Waals surface area contributed by atoms with Gasteiger partial charge in [-0.1, -0.05) is 170 Å². The number of hydrogen-bond donors (Lipinski definition) is 0. The highest BCUT2D eigenvalue weighted by molar-refractivity contribution is 6.26. The summed E-state index contributed by atoms with van der Waals surface area (Å²) in [5.74, 6) is 1.73. The minimum absolute atomic E-state index is 0.864.